The Morgan fingerprint density at radius 1 is 1.22 bits per heavy atom. The fourth-order valence-corrected chi connectivity index (χ4v) is 4.48. The molecular formula is C21H25FN2O3. The quantitative estimate of drug-likeness (QED) is 0.845. The van der Waals surface area contributed by atoms with Gasteiger partial charge in [-0.05, 0) is 61.4 Å². The molecule has 2 heterocycles. The van der Waals surface area contributed by atoms with Gasteiger partial charge in [0, 0.05) is 25.7 Å². The fraction of sp³-hybridized carbons (Fsp3) is 0.476. The Labute approximate surface area is 158 Å². The van der Waals surface area contributed by atoms with Crippen LogP contribution < -0.4 is 4.74 Å². The molecule has 5 nitrogen and oxygen atoms in total. The highest BCUT2D eigenvalue weighted by Gasteiger charge is 2.42. The molecule has 0 spiro atoms. The van der Waals surface area contributed by atoms with Crippen molar-refractivity contribution in [2.24, 2.45) is 11.8 Å². The maximum absolute atomic E-state index is 13.5. The molecule has 2 aliphatic rings. The lowest BCUT2D eigenvalue weighted by Crippen LogP contribution is -2.29. The van der Waals surface area contributed by atoms with Crippen LogP contribution in [0.4, 0.5) is 4.39 Å². The number of halogens is 1. The third-order valence-corrected chi connectivity index (χ3v) is 5.65. The summed E-state index contributed by atoms with van der Waals surface area (Å²) in [6.45, 7) is 4.27. The number of nitrogens with zero attached hydrogens (tertiary/aromatic N) is 2. The first kappa shape index (κ1) is 18.2. The van der Waals surface area contributed by atoms with Crippen molar-refractivity contribution in [3.05, 3.63) is 53.6 Å². The zero-order valence-electron chi connectivity index (χ0n) is 15.4. The third kappa shape index (κ3) is 4.22. The standard InChI is InChI=1S/C21H25FN2O3/c1-13-4-16(22)8-18(5-13)27-19-6-14-10-24(11-15(14)7-19)12-21(26)20-3-2-17(25)9-23-20/h2-5,8-9,14-15,19,21,25-26H,6-7,10-12H2,1H3/t14-,15+,19-,21?. The normalized spacial score (nSPS) is 26.1. The number of aliphatic hydroxyl groups excluding tert-OH is 1. The molecule has 0 amide bonds. The van der Waals surface area contributed by atoms with Crippen molar-refractivity contribution < 1.29 is 19.3 Å². The number of likely N-dealkylation sites (tertiary alicyclic amines) is 1. The van der Waals surface area contributed by atoms with Gasteiger partial charge < -0.3 is 14.9 Å². The van der Waals surface area contributed by atoms with Crippen LogP contribution in [-0.4, -0.2) is 45.8 Å². The van der Waals surface area contributed by atoms with Crippen molar-refractivity contribution >= 4 is 0 Å². The van der Waals surface area contributed by atoms with E-state index in [-0.39, 0.29) is 17.7 Å². The SMILES string of the molecule is Cc1cc(F)cc(O[C@@H]2C[C@@H]3CN(CC(O)c4ccc(O)cn4)C[C@@H]3C2)c1. The first-order chi connectivity index (χ1) is 13.0. The maximum atomic E-state index is 13.5. The van der Waals surface area contributed by atoms with Gasteiger partial charge in [0.25, 0.3) is 0 Å². The molecule has 1 aliphatic heterocycles. The monoisotopic (exact) mass is 372 g/mol. The predicted molar refractivity (Wildman–Crippen MR) is 99.1 cm³/mol. The van der Waals surface area contributed by atoms with E-state index in [1.54, 1.807) is 12.1 Å². The Hall–Kier alpha value is -2.18. The van der Waals surface area contributed by atoms with Crippen LogP contribution in [0, 0.1) is 24.6 Å². The van der Waals surface area contributed by atoms with Crippen LogP contribution in [0.25, 0.3) is 0 Å². The van der Waals surface area contributed by atoms with Gasteiger partial charge in [0.05, 0.1) is 18.0 Å². The van der Waals surface area contributed by atoms with E-state index in [4.69, 9.17) is 4.74 Å². The smallest absolute Gasteiger partial charge is 0.133 e. The molecule has 1 saturated heterocycles. The maximum Gasteiger partial charge on any atom is 0.133 e. The van der Waals surface area contributed by atoms with E-state index < -0.39 is 6.10 Å². The van der Waals surface area contributed by atoms with Crippen LogP contribution in [0.15, 0.2) is 36.5 Å². The van der Waals surface area contributed by atoms with Crippen molar-refractivity contribution in [1.29, 1.82) is 0 Å². The summed E-state index contributed by atoms with van der Waals surface area (Å²) >= 11 is 0. The van der Waals surface area contributed by atoms with Crippen LogP contribution in [0.2, 0.25) is 0 Å². The number of hydrogen-bond donors (Lipinski definition) is 2. The molecule has 6 heteroatoms. The number of aromatic hydroxyl groups is 1. The number of pyridine rings is 1. The summed E-state index contributed by atoms with van der Waals surface area (Å²) in [6, 6.07) is 8.03. The molecule has 1 aromatic carbocycles. The van der Waals surface area contributed by atoms with Gasteiger partial charge in [-0.15, -0.1) is 0 Å². The van der Waals surface area contributed by atoms with Gasteiger partial charge in [-0.2, -0.15) is 0 Å². The van der Waals surface area contributed by atoms with Crippen LogP contribution in [0.1, 0.15) is 30.2 Å². The van der Waals surface area contributed by atoms with Crippen molar-refractivity contribution in [2.75, 3.05) is 19.6 Å². The van der Waals surface area contributed by atoms with Crippen LogP contribution >= 0.6 is 0 Å². The average molecular weight is 372 g/mol. The number of rotatable bonds is 5. The first-order valence-electron chi connectivity index (χ1n) is 9.45. The first-order valence-corrected chi connectivity index (χ1v) is 9.45. The second-order valence-electron chi connectivity index (χ2n) is 7.87. The average Bonchev–Trinajstić information content (AvgIpc) is 3.12. The Balaban J connectivity index is 1.29. The van der Waals surface area contributed by atoms with Crippen molar-refractivity contribution in [2.45, 2.75) is 32.0 Å². The minimum absolute atomic E-state index is 0.0983. The largest absolute Gasteiger partial charge is 0.506 e. The summed E-state index contributed by atoms with van der Waals surface area (Å²) in [4.78, 5) is 6.36. The predicted octanol–water partition coefficient (Wildman–Crippen LogP) is 3.06. The molecule has 144 valence electrons. The van der Waals surface area contributed by atoms with Crippen molar-refractivity contribution in [3.8, 4) is 11.5 Å². The van der Waals surface area contributed by atoms with Crippen LogP contribution in [0.3, 0.4) is 0 Å². The molecule has 1 aromatic heterocycles. The van der Waals surface area contributed by atoms with E-state index >= 15 is 0 Å². The highest BCUT2D eigenvalue weighted by Crippen LogP contribution is 2.40. The molecule has 0 bridgehead atoms. The molecule has 27 heavy (non-hydrogen) atoms. The molecule has 1 aliphatic carbocycles. The number of hydrogen-bond acceptors (Lipinski definition) is 5. The molecule has 2 fully saturated rings. The topological polar surface area (TPSA) is 65.8 Å². The summed E-state index contributed by atoms with van der Waals surface area (Å²) < 4.78 is 19.6. The van der Waals surface area contributed by atoms with E-state index in [0.29, 0.717) is 29.8 Å². The molecular weight excluding hydrogens is 347 g/mol. The molecule has 2 N–H and O–H groups in total. The summed E-state index contributed by atoms with van der Waals surface area (Å²) in [6.07, 6.45) is 2.75. The number of benzene rings is 1. The van der Waals surface area contributed by atoms with Crippen LogP contribution in [0.5, 0.6) is 11.5 Å². The van der Waals surface area contributed by atoms with Gasteiger partial charge in [-0.25, -0.2) is 4.39 Å². The second-order valence-corrected chi connectivity index (χ2v) is 7.87. The number of aliphatic hydroxyl groups is 1. The van der Waals surface area contributed by atoms with Gasteiger partial charge in [-0.1, -0.05) is 0 Å². The minimum atomic E-state index is -0.660. The number of aryl methyl sites for hydroxylation is 1. The highest BCUT2D eigenvalue weighted by atomic mass is 19.1. The van der Waals surface area contributed by atoms with Gasteiger partial charge in [-0.3, -0.25) is 9.88 Å². The second kappa shape index (κ2) is 7.44. The molecule has 0 radical (unpaired) electrons. The lowest BCUT2D eigenvalue weighted by Gasteiger charge is -2.22. The van der Waals surface area contributed by atoms with Gasteiger partial charge in [0.2, 0.25) is 0 Å². The van der Waals surface area contributed by atoms with Gasteiger partial charge >= 0.3 is 0 Å². The Kier molecular flexibility index (Phi) is 5.02. The minimum Gasteiger partial charge on any atom is -0.506 e. The summed E-state index contributed by atoms with van der Waals surface area (Å²) in [5.41, 5.74) is 1.44. The molecule has 2 aromatic rings. The third-order valence-electron chi connectivity index (χ3n) is 5.65. The highest BCUT2D eigenvalue weighted by molar-refractivity contribution is 5.29. The van der Waals surface area contributed by atoms with Crippen LogP contribution in [-0.2, 0) is 0 Å². The van der Waals surface area contributed by atoms with Gasteiger partial charge in [0.15, 0.2) is 0 Å². The fourth-order valence-electron chi connectivity index (χ4n) is 4.48. The van der Waals surface area contributed by atoms with E-state index in [9.17, 15) is 14.6 Å². The zero-order chi connectivity index (χ0) is 19.0. The summed E-state index contributed by atoms with van der Waals surface area (Å²) in [5.74, 6) is 1.55. The van der Waals surface area contributed by atoms with E-state index in [0.717, 1.165) is 31.5 Å². The van der Waals surface area contributed by atoms with E-state index in [1.807, 2.05) is 13.0 Å². The lowest BCUT2D eigenvalue weighted by molar-refractivity contribution is 0.113. The number of aromatic nitrogens is 1. The van der Waals surface area contributed by atoms with Gasteiger partial charge in [0.1, 0.15) is 23.4 Å². The molecule has 1 saturated carbocycles. The zero-order valence-corrected chi connectivity index (χ0v) is 15.4. The number of β-amino-alcohol motifs (C(OH)–C–C–N with tert-alkyl or cyclic N) is 1. The summed E-state index contributed by atoms with van der Waals surface area (Å²) in [7, 11) is 0. The lowest BCUT2D eigenvalue weighted by atomic mass is 10.0. The van der Waals surface area contributed by atoms with E-state index in [2.05, 4.69) is 9.88 Å². The van der Waals surface area contributed by atoms with E-state index in [1.165, 1.54) is 18.3 Å². The molecule has 4 rings (SSSR count). The Morgan fingerprint density at radius 3 is 2.59 bits per heavy atom. The van der Waals surface area contributed by atoms with Crippen molar-refractivity contribution in [1.82, 2.24) is 9.88 Å². The van der Waals surface area contributed by atoms with Crippen molar-refractivity contribution in [3.63, 3.8) is 0 Å². The Bertz CT molecular complexity index is 764. The molecule has 4 atom stereocenters. The Morgan fingerprint density at radius 2 is 1.96 bits per heavy atom. The number of ether oxygens (including phenoxy) is 1. The summed E-state index contributed by atoms with van der Waals surface area (Å²) in [5, 5.41) is 19.7. The molecule has 1 unspecified atom stereocenters. The number of fused-ring (bicyclic) bond motifs is 1.